The van der Waals surface area contributed by atoms with E-state index in [-0.39, 0.29) is 5.78 Å². The predicted octanol–water partition coefficient (Wildman–Crippen LogP) is 2.64. The summed E-state index contributed by atoms with van der Waals surface area (Å²) in [7, 11) is 3.14. The van der Waals surface area contributed by atoms with Crippen LogP contribution in [0.1, 0.15) is 17.3 Å². The van der Waals surface area contributed by atoms with E-state index in [1.807, 2.05) is 6.92 Å². The van der Waals surface area contributed by atoms with Crippen molar-refractivity contribution < 1.29 is 14.3 Å². The summed E-state index contributed by atoms with van der Waals surface area (Å²) in [5.74, 6) is 2.77. The molecule has 0 amide bonds. The Bertz CT molecular complexity index is 363. The average molecular weight is 240 g/mol. The lowest BCUT2D eigenvalue weighted by atomic mass is 10.1. The van der Waals surface area contributed by atoms with Crippen molar-refractivity contribution in [3.63, 3.8) is 0 Å². The van der Waals surface area contributed by atoms with E-state index in [1.54, 1.807) is 44.2 Å². The Hall–Kier alpha value is -1.16. The van der Waals surface area contributed by atoms with Gasteiger partial charge in [-0.05, 0) is 17.9 Å². The molecule has 3 nitrogen and oxygen atoms in total. The number of benzene rings is 1. The molecule has 0 aliphatic heterocycles. The van der Waals surface area contributed by atoms with Gasteiger partial charge < -0.3 is 9.47 Å². The number of ketones is 1. The SMILES string of the molecule is CCSCC(=O)c1ccc(OC)cc1OC. The Labute approximate surface area is 100 Å². The van der Waals surface area contributed by atoms with Gasteiger partial charge in [0.1, 0.15) is 11.5 Å². The molecule has 88 valence electrons. The van der Waals surface area contributed by atoms with Crippen LogP contribution in [0, 0.1) is 0 Å². The van der Waals surface area contributed by atoms with Gasteiger partial charge in [0.05, 0.1) is 25.5 Å². The van der Waals surface area contributed by atoms with E-state index in [1.165, 1.54) is 0 Å². The lowest BCUT2D eigenvalue weighted by Crippen LogP contribution is -2.05. The molecular formula is C12H16O3S. The van der Waals surface area contributed by atoms with Crippen LogP contribution in [-0.4, -0.2) is 31.5 Å². The number of carbonyl (C=O) groups excluding carboxylic acids is 1. The first-order valence-corrected chi connectivity index (χ1v) is 6.21. The molecule has 0 aliphatic carbocycles. The smallest absolute Gasteiger partial charge is 0.176 e. The first kappa shape index (κ1) is 12.9. The standard InChI is InChI=1S/C12H16O3S/c1-4-16-8-11(13)10-6-5-9(14-2)7-12(10)15-3/h5-7H,4,8H2,1-3H3. The van der Waals surface area contributed by atoms with Gasteiger partial charge in [0, 0.05) is 6.07 Å². The molecule has 0 aliphatic rings. The number of ether oxygens (including phenoxy) is 2. The van der Waals surface area contributed by atoms with Crippen molar-refractivity contribution in [1.29, 1.82) is 0 Å². The third kappa shape index (κ3) is 3.17. The molecule has 1 rings (SSSR count). The Morgan fingerprint density at radius 1 is 1.31 bits per heavy atom. The first-order valence-electron chi connectivity index (χ1n) is 5.05. The van der Waals surface area contributed by atoms with E-state index in [0.717, 1.165) is 5.75 Å². The van der Waals surface area contributed by atoms with Crippen LogP contribution in [0.5, 0.6) is 11.5 Å². The molecule has 0 saturated heterocycles. The van der Waals surface area contributed by atoms with Gasteiger partial charge in [-0.25, -0.2) is 0 Å². The quantitative estimate of drug-likeness (QED) is 0.716. The number of hydrogen-bond acceptors (Lipinski definition) is 4. The molecule has 0 bridgehead atoms. The highest BCUT2D eigenvalue weighted by Crippen LogP contribution is 2.25. The summed E-state index contributed by atoms with van der Waals surface area (Å²) in [4.78, 5) is 11.8. The van der Waals surface area contributed by atoms with Crippen LogP contribution < -0.4 is 9.47 Å². The van der Waals surface area contributed by atoms with Gasteiger partial charge in [-0.3, -0.25) is 4.79 Å². The van der Waals surface area contributed by atoms with Gasteiger partial charge in [0.25, 0.3) is 0 Å². The highest BCUT2D eigenvalue weighted by molar-refractivity contribution is 7.99. The fraction of sp³-hybridized carbons (Fsp3) is 0.417. The van der Waals surface area contributed by atoms with Gasteiger partial charge in [-0.1, -0.05) is 6.92 Å². The lowest BCUT2D eigenvalue weighted by Gasteiger charge is -2.09. The zero-order valence-corrected chi connectivity index (χ0v) is 10.6. The van der Waals surface area contributed by atoms with Crippen LogP contribution in [0.4, 0.5) is 0 Å². The number of thioether (sulfide) groups is 1. The Kier molecular flexibility index (Phi) is 5.19. The second-order valence-corrected chi connectivity index (χ2v) is 4.40. The van der Waals surface area contributed by atoms with E-state index in [9.17, 15) is 4.79 Å². The van der Waals surface area contributed by atoms with Crippen molar-refractivity contribution in [2.75, 3.05) is 25.7 Å². The van der Waals surface area contributed by atoms with Gasteiger partial charge >= 0.3 is 0 Å². The molecular weight excluding hydrogens is 224 g/mol. The minimum atomic E-state index is 0.0892. The molecule has 0 unspecified atom stereocenters. The summed E-state index contributed by atoms with van der Waals surface area (Å²) in [6.45, 7) is 2.03. The maximum absolute atomic E-state index is 11.8. The average Bonchev–Trinajstić information content (AvgIpc) is 2.34. The Morgan fingerprint density at radius 2 is 2.06 bits per heavy atom. The topological polar surface area (TPSA) is 35.5 Å². The molecule has 16 heavy (non-hydrogen) atoms. The molecule has 4 heteroatoms. The van der Waals surface area contributed by atoms with Crippen molar-refractivity contribution in [3.8, 4) is 11.5 Å². The zero-order valence-electron chi connectivity index (χ0n) is 9.78. The van der Waals surface area contributed by atoms with Crippen LogP contribution in [0.25, 0.3) is 0 Å². The van der Waals surface area contributed by atoms with Crippen LogP contribution in [0.2, 0.25) is 0 Å². The van der Waals surface area contributed by atoms with Crippen molar-refractivity contribution in [2.24, 2.45) is 0 Å². The summed E-state index contributed by atoms with van der Waals surface area (Å²) < 4.78 is 10.3. The van der Waals surface area contributed by atoms with Gasteiger partial charge in [0.15, 0.2) is 5.78 Å². The van der Waals surface area contributed by atoms with Crippen molar-refractivity contribution in [2.45, 2.75) is 6.92 Å². The van der Waals surface area contributed by atoms with E-state index >= 15 is 0 Å². The summed E-state index contributed by atoms with van der Waals surface area (Å²) in [5, 5.41) is 0. The lowest BCUT2D eigenvalue weighted by molar-refractivity contribution is 0.101. The highest BCUT2D eigenvalue weighted by atomic mass is 32.2. The van der Waals surface area contributed by atoms with Crippen LogP contribution in [0.15, 0.2) is 18.2 Å². The monoisotopic (exact) mass is 240 g/mol. The normalized spacial score (nSPS) is 9.94. The maximum Gasteiger partial charge on any atom is 0.176 e. The number of Topliss-reactive ketones (excluding diaryl/α,β-unsaturated/α-hetero) is 1. The van der Waals surface area contributed by atoms with Crippen LogP contribution in [0.3, 0.4) is 0 Å². The molecule has 0 fully saturated rings. The molecule has 1 aromatic rings. The minimum Gasteiger partial charge on any atom is -0.497 e. The second kappa shape index (κ2) is 6.43. The number of carbonyl (C=O) groups is 1. The number of rotatable bonds is 6. The molecule has 0 N–H and O–H groups in total. The van der Waals surface area contributed by atoms with Crippen LogP contribution in [-0.2, 0) is 0 Å². The zero-order chi connectivity index (χ0) is 12.0. The van der Waals surface area contributed by atoms with E-state index in [2.05, 4.69) is 0 Å². The number of methoxy groups -OCH3 is 2. The summed E-state index contributed by atoms with van der Waals surface area (Å²) in [6, 6.07) is 5.24. The van der Waals surface area contributed by atoms with Gasteiger partial charge in [-0.15, -0.1) is 0 Å². The number of hydrogen-bond donors (Lipinski definition) is 0. The maximum atomic E-state index is 11.8. The molecule has 0 atom stereocenters. The van der Waals surface area contributed by atoms with Crippen molar-refractivity contribution in [1.82, 2.24) is 0 Å². The second-order valence-electron chi connectivity index (χ2n) is 3.13. The Morgan fingerprint density at radius 3 is 2.62 bits per heavy atom. The minimum absolute atomic E-state index is 0.0892. The summed E-state index contributed by atoms with van der Waals surface area (Å²) in [6.07, 6.45) is 0. The van der Waals surface area contributed by atoms with Crippen molar-refractivity contribution >= 4 is 17.5 Å². The fourth-order valence-corrected chi connectivity index (χ4v) is 1.85. The fourth-order valence-electron chi connectivity index (χ4n) is 1.30. The Balaban J connectivity index is 2.90. The summed E-state index contributed by atoms with van der Waals surface area (Å²) in [5.41, 5.74) is 0.615. The summed E-state index contributed by atoms with van der Waals surface area (Å²) >= 11 is 1.60. The first-order chi connectivity index (χ1) is 7.72. The van der Waals surface area contributed by atoms with E-state index in [4.69, 9.17) is 9.47 Å². The molecule has 0 aromatic heterocycles. The third-order valence-electron chi connectivity index (χ3n) is 2.15. The van der Waals surface area contributed by atoms with Gasteiger partial charge in [0.2, 0.25) is 0 Å². The molecule has 0 heterocycles. The third-order valence-corrected chi connectivity index (χ3v) is 3.02. The van der Waals surface area contributed by atoms with Gasteiger partial charge in [-0.2, -0.15) is 11.8 Å². The molecule has 0 saturated carbocycles. The predicted molar refractivity (Wildman–Crippen MR) is 66.9 cm³/mol. The molecule has 0 spiro atoms. The van der Waals surface area contributed by atoms with E-state index < -0.39 is 0 Å². The van der Waals surface area contributed by atoms with E-state index in [0.29, 0.717) is 22.8 Å². The van der Waals surface area contributed by atoms with Crippen molar-refractivity contribution in [3.05, 3.63) is 23.8 Å². The highest BCUT2D eigenvalue weighted by Gasteiger charge is 2.12. The molecule has 1 aromatic carbocycles. The van der Waals surface area contributed by atoms with Crippen LogP contribution >= 0.6 is 11.8 Å². The molecule has 0 radical (unpaired) electrons. The largest absolute Gasteiger partial charge is 0.497 e.